The fourth-order valence-corrected chi connectivity index (χ4v) is 2.46. The van der Waals surface area contributed by atoms with Crippen LogP contribution in [0.1, 0.15) is 5.56 Å². The molecule has 0 unspecified atom stereocenters. The summed E-state index contributed by atoms with van der Waals surface area (Å²) in [6.45, 7) is 0. The van der Waals surface area contributed by atoms with E-state index < -0.39 is 0 Å². The van der Waals surface area contributed by atoms with Crippen LogP contribution in [0.2, 0.25) is 0 Å². The lowest BCUT2D eigenvalue weighted by Crippen LogP contribution is -1.99. The number of benzene rings is 1. The monoisotopic (exact) mass is 292 g/mol. The summed E-state index contributed by atoms with van der Waals surface area (Å²) >= 11 is 1.46. The number of nitrogens with zero attached hydrogens (tertiary/aromatic N) is 2. The van der Waals surface area contributed by atoms with Crippen LogP contribution in [-0.2, 0) is 5.75 Å². The van der Waals surface area contributed by atoms with E-state index in [1.165, 1.54) is 17.8 Å². The highest BCUT2D eigenvalue weighted by atomic mass is 32.2. The third kappa shape index (κ3) is 3.45. The number of aromatic nitrogens is 2. The first kappa shape index (κ1) is 14.3. The van der Waals surface area contributed by atoms with E-state index in [9.17, 15) is 0 Å². The van der Waals surface area contributed by atoms with Gasteiger partial charge in [-0.1, -0.05) is 17.8 Å². The van der Waals surface area contributed by atoms with E-state index >= 15 is 0 Å². The average molecular weight is 292 g/mol. The average Bonchev–Trinajstić information content (AvgIpc) is 2.43. The Hall–Kier alpha value is -2.15. The Kier molecular flexibility index (Phi) is 4.52. The van der Waals surface area contributed by atoms with Crippen LogP contribution in [-0.4, -0.2) is 24.2 Å². The summed E-state index contributed by atoms with van der Waals surface area (Å²) in [6.07, 6.45) is 0. The maximum absolute atomic E-state index is 5.63. The number of thioether (sulfide) groups is 1. The lowest BCUT2D eigenvalue weighted by Gasteiger charge is -2.09. The SMILES string of the molecule is COc1ccc(CSc2nc(N)cc(N)n2)cc1OC. The van der Waals surface area contributed by atoms with Gasteiger partial charge in [-0.05, 0) is 17.7 Å². The molecule has 0 aliphatic heterocycles. The van der Waals surface area contributed by atoms with Gasteiger partial charge in [0.2, 0.25) is 0 Å². The zero-order chi connectivity index (χ0) is 14.5. The molecule has 0 atom stereocenters. The third-order valence-electron chi connectivity index (χ3n) is 2.56. The second-order valence-corrected chi connectivity index (χ2v) is 4.92. The molecule has 106 valence electrons. The molecular formula is C13H16N4O2S. The van der Waals surface area contributed by atoms with Crippen LogP contribution < -0.4 is 20.9 Å². The standard InChI is InChI=1S/C13H16N4O2S/c1-18-9-4-3-8(5-10(9)19-2)7-20-13-16-11(14)6-12(15)17-13/h3-6H,7H2,1-2H3,(H4,14,15,16,17). The van der Waals surface area contributed by atoms with Gasteiger partial charge < -0.3 is 20.9 Å². The maximum Gasteiger partial charge on any atom is 0.191 e. The molecule has 2 rings (SSSR count). The molecule has 1 heterocycles. The van der Waals surface area contributed by atoms with Crippen LogP contribution in [0, 0.1) is 0 Å². The highest BCUT2D eigenvalue weighted by molar-refractivity contribution is 7.98. The smallest absolute Gasteiger partial charge is 0.191 e. The van der Waals surface area contributed by atoms with Gasteiger partial charge in [0.25, 0.3) is 0 Å². The second-order valence-electron chi connectivity index (χ2n) is 3.98. The van der Waals surface area contributed by atoms with E-state index in [0.717, 1.165) is 5.56 Å². The molecular weight excluding hydrogens is 276 g/mol. The van der Waals surface area contributed by atoms with Gasteiger partial charge in [0.15, 0.2) is 16.7 Å². The Balaban J connectivity index is 2.10. The van der Waals surface area contributed by atoms with Gasteiger partial charge in [-0.15, -0.1) is 0 Å². The van der Waals surface area contributed by atoms with Crippen molar-refractivity contribution in [2.75, 3.05) is 25.7 Å². The van der Waals surface area contributed by atoms with Gasteiger partial charge in [-0.25, -0.2) is 9.97 Å². The summed E-state index contributed by atoms with van der Waals surface area (Å²) in [4.78, 5) is 8.24. The molecule has 0 bridgehead atoms. The summed E-state index contributed by atoms with van der Waals surface area (Å²) < 4.78 is 10.5. The molecule has 0 aliphatic carbocycles. The van der Waals surface area contributed by atoms with Crippen molar-refractivity contribution in [3.05, 3.63) is 29.8 Å². The minimum absolute atomic E-state index is 0.368. The molecule has 0 fully saturated rings. The zero-order valence-electron chi connectivity index (χ0n) is 11.3. The zero-order valence-corrected chi connectivity index (χ0v) is 12.1. The Morgan fingerprint density at radius 2 is 1.65 bits per heavy atom. The number of methoxy groups -OCH3 is 2. The molecule has 0 amide bonds. The molecule has 20 heavy (non-hydrogen) atoms. The molecule has 0 spiro atoms. The Bertz CT molecular complexity index is 587. The maximum atomic E-state index is 5.63. The van der Waals surface area contributed by atoms with Crippen molar-refractivity contribution < 1.29 is 9.47 Å². The topological polar surface area (TPSA) is 96.3 Å². The Labute approximate surface area is 121 Å². The summed E-state index contributed by atoms with van der Waals surface area (Å²) in [6, 6.07) is 7.27. The van der Waals surface area contributed by atoms with E-state index in [2.05, 4.69) is 9.97 Å². The van der Waals surface area contributed by atoms with Crippen LogP contribution in [0.25, 0.3) is 0 Å². The number of nitrogen functional groups attached to an aromatic ring is 2. The first-order valence-corrected chi connectivity index (χ1v) is 6.84. The summed E-state index contributed by atoms with van der Waals surface area (Å²) in [5, 5.41) is 0.553. The van der Waals surface area contributed by atoms with E-state index in [1.807, 2.05) is 18.2 Å². The van der Waals surface area contributed by atoms with E-state index in [0.29, 0.717) is 34.0 Å². The summed E-state index contributed by atoms with van der Waals surface area (Å²) in [7, 11) is 3.21. The van der Waals surface area contributed by atoms with Crippen molar-refractivity contribution >= 4 is 23.4 Å². The number of ether oxygens (including phenoxy) is 2. The van der Waals surface area contributed by atoms with Gasteiger partial charge in [0, 0.05) is 11.8 Å². The molecule has 4 N–H and O–H groups in total. The highest BCUT2D eigenvalue weighted by Gasteiger charge is 2.06. The van der Waals surface area contributed by atoms with Gasteiger partial charge in [0.05, 0.1) is 14.2 Å². The van der Waals surface area contributed by atoms with Crippen LogP contribution in [0.4, 0.5) is 11.6 Å². The molecule has 0 saturated heterocycles. The Morgan fingerprint density at radius 3 is 2.25 bits per heavy atom. The molecule has 2 aromatic rings. The van der Waals surface area contributed by atoms with Crippen LogP contribution in [0.3, 0.4) is 0 Å². The minimum Gasteiger partial charge on any atom is -0.493 e. The van der Waals surface area contributed by atoms with Crippen molar-refractivity contribution in [1.82, 2.24) is 9.97 Å². The fourth-order valence-electron chi connectivity index (χ4n) is 1.64. The molecule has 6 nitrogen and oxygen atoms in total. The predicted octanol–water partition coefficient (Wildman–Crippen LogP) is 1.95. The van der Waals surface area contributed by atoms with Crippen molar-refractivity contribution in [2.24, 2.45) is 0 Å². The highest BCUT2D eigenvalue weighted by Crippen LogP contribution is 2.30. The lowest BCUT2D eigenvalue weighted by atomic mass is 10.2. The van der Waals surface area contributed by atoms with Crippen LogP contribution in [0.15, 0.2) is 29.4 Å². The van der Waals surface area contributed by atoms with Gasteiger partial charge in [-0.2, -0.15) is 0 Å². The number of rotatable bonds is 5. The van der Waals surface area contributed by atoms with E-state index in [-0.39, 0.29) is 0 Å². The van der Waals surface area contributed by atoms with Gasteiger partial charge in [-0.3, -0.25) is 0 Å². The quantitative estimate of drug-likeness (QED) is 0.642. The number of nitrogens with two attached hydrogens (primary N) is 2. The number of hydrogen-bond acceptors (Lipinski definition) is 7. The number of hydrogen-bond donors (Lipinski definition) is 2. The van der Waals surface area contributed by atoms with Crippen LogP contribution >= 0.6 is 11.8 Å². The molecule has 1 aromatic carbocycles. The van der Waals surface area contributed by atoms with Gasteiger partial charge >= 0.3 is 0 Å². The number of anilines is 2. The molecule has 0 saturated carbocycles. The fraction of sp³-hybridized carbons (Fsp3) is 0.231. The van der Waals surface area contributed by atoms with E-state index in [4.69, 9.17) is 20.9 Å². The molecule has 7 heteroatoms. The van der Waals surface area contributed by atoms with E-state index in [1.54, 1.807) is 14.2 Å². The lowest BCUT2D eigenvalue weighted by molar-refractivity contribution is 0.354. The van der Waals surface area contributed by atoms with Crippen molar-refractivity contribution in [3.8, 4) is 11.5 Å². The normalized spacial score (nSPS) is 10.3. The van der Waals surface area contributed by atoms with Crippen molar-refractivity contribution in [3.63, 3.8) is 0 Å². The molecule has 0 radical (unpaired) electrons. The van der Waals surface area contributed by atoms with Crippen molar-refractivity contribution in [2.45, 2.75) is 10.9 Å². The summed E-state index contributed by atoms with van der Waals surface area (Å²) in [5.41, 5.74) is 12.3. The van der Waals surface area contributed by atoms with Crippen LogP contribution in [0.5, 0.6) is 11.5 Å². The molecule has 1 aromatic heterocycles. The largest absolute Gasteiger partial charge is 0.493 e. The first-order chi connectivity index (χ1) is 9.62. The Morgan fingerprint density at radius 1 is 1.00 bits per heavy atom. The van der Waals surface area contributed by atoms with Gasteiger partial charge in [0.1, 0.15) is 11.6 Å². The minimum atomic E-state index is 0.368. The summed E-state index contributed by atoms with van der Waals surface area (Å²) in [5.74, 6) is 2.81. The molecule has 0 aliphatic rings. The second kappa shape index (κ2) is 6.33. The van der Waals surface area contributed by atoms with Crippen molar-refractivity contribution in [1.29, 1.82) is 0 Å². The predicted molar refractivity (Wildman–Crippen MR) is 80.0 cm³/mol. The third-order valence-corrected chi connectivity index (χ3v) is 3.48. The first-order valence-electron chi connectivity index (χ1n) is 5.86.